The molecule has 3 N–H and O–H groups in total. The summed E-state index contributed by atoms with van der Waals surface area (Å²) in [4.78, 5) is 4.47. The van der Waals surface area contributed by atoms with Gasteiger partial charge in [-0.2, -0.15) is 5.10 Å². The lowest BCUT2D eigenvalue weighted by atomic mass is 10.1. The van der Waals surface area contributed by atoms with Gasteiger partial charge in [0.1, 0.15) is 5.82 Å². The smallest absolute Gasteiger partial charge is 0.181 e. The molecule has 0 aliphatic carbocycles. The molecule has 1 aromatic carbocycles. The molecule has 2 aromatic rings. The topological polar surface area (TPSA) is 86.0 Å². The summed E-state index contributed by atoms with van der Waals surface area (Å²) in [6, 6.07) is 5.46. The molecule has 0 aliphatic rings. The average molecular weight is 290 g/mol. The van der Waals surface area contributed by atoms with Gasteiger partial charge in [0.25, 0.3) is 0 Å². The standard InChI is InChI=1S/C15H22N4O2/c1-5-21-12-8-10(6-7-11(12)20-4)14-17-15(19-18-14)13(16)9(2)3/h6-9,13H,5,16H2,1-4H3,(H,17,18,19)/t13-/m0/s1. The van der Waals surface area contributed by atoms with E-state index in [9.17, 15) is 0 Å². The fourth-order valence-corrected chi connectivity index (χ4v) is 1.95. The Bertz CT molecular complexity index is 595. The molecule has 114 valence electrons. The Morgan fingerprint density at radius 1 is 1.29 bits per heavy atom. The van der Waals surface area contributed by atoms with E-state index in [4.69, 9.17) is 15.2 Å². The molecule has 6 heteroatoms. The van der Waals surface area contributed by atoms with E-state index in [1.54, 1.807) is 7.11 Å². The van der Waals surface area contributed by atoms with Gasteiger partial charge in [-0.15, -0.1) is 0 Å². The van der Waals surface area contributed by atoms with E-state index >= 15 is 0 Å². The van der Waals surface area contributed by atoms with Crippen LogP contribution in [0.4, 0.5) is 0 Å². The van der Waals surface area contributed by atoms with Gasteiger partial charge in [-0.25, -0.2) is 4.98 Å². The first kappa shape index (κ1) is 15.3. The number of ether oxygens (including phenoxy) is 2. The van der Waals surface area contributed by atoms with E-state index < -0.39 is 0 Å². The van der Waals surface area contributed by atoms with Gasteiger partial charge in [0, 0.05) is 5.56 Å². The van der Waals surface area contributed by atoms with Gasteiger partial charge < -0.3 is 15.2 Å². The summed E-state index contributed by atoms with van der Waals surface area (Å²) < 4.78 is 10.8. The second kappa shape index (κ2) is 6.58. The predicted octanol–water partition coefficient (Wildman–Crippen LogP) is 2.53. The summed E-state index contributed by atoms with van der Waals surface area (Å²) in [6.45, 7) is 6.59. The number of nitrogens with zero attached hydrogens (tertiary/aromatic N) is 2. The van der Waals surface area contributed by atoms with Gasteiger partial charge in [0.05, 0.1) is 19.8 Å². The Kier molecular flexibility index (Phi) is 4.80. The molecule has 1 heterocycles. The first-order valence-corrected chi connectivity index (χ1v) is 7.05. The molecule has 6 nitrogen and oxygen atoms in total. The van der Waals surface area contributed by atoms with Crippen LogP contribution in [0.1, 0.15) is 32.6 Å². The maximum Gasteiger partial charge on any atom is 0.181 e. The number of aromatic amines is 1. The van der Waals surface area contributed by atoms with Crippen molar-refractivity contribution in [2.45, 2.75) is 26.8 Å². The zero-order chi connectivity index (χ0) is 15.4. The Morgan fingerprint density at radius 3 is 2.67 bits per heavy atom. The van der Waals surface area contributed by atoms with Crippen LogP contribution in [0, 0.1) is 5.92 Å². The number of hydrogen-bond donors (Lipinski definition) is 2. The molecule has 1 atom stereocenters. The number of H-pyrrole nitrogens is 1. The summed E-state index contributed by atoms with van der Waals surface area (Å²) in [5, 5.41) is 7.14. The summed E-state index contributed by atoms with van der Waals surface area (Å²) in [7, 11) is 1.62. The second-order valence-electron chi connectivity index (χ2n) is 5.11. The van der Waals surface area contributed by atoms with Gasteiger partial charge in [-0.1, -0.05) is 13.8 Å². The van der Waals surface area contributed by atoms with Crippen molar-refractivity contribution in [3.05, 3.63) is 24.0 Å². The Labute approximate surface area is 124 Å². The maximum atomic E-state index is 6.07. The van der Waals surface area contributed by atoms with E-state index in [-0.39, 0.29) is 6.04 Å². The first-order chi connectivity index (χ1) is 10.1. The SMILES string of the molecule is CCOc1cc(-c2n[nH]c([C@@H](N)C(C)C)n2)ccc1OC. The largest absolute Gasteiger partial charge is 0.493 e. The van der Waals surface area contributed by atoms with Gasteiger partial charge >= 0.3 is 0 Å². The van der Waals surface area contributed by atoms with Crippen LogP contribution in [0.25, 0.3) is 11.4 Å². The molecule has 0 radical (unpaired) electrons. The number of benzene rings is 1. The zero-order valence-electron chi connectivity index (χ0n) is 12.9. The lowest BCUT2D eigenvalue weighted by Gasteiger charge is -2.11. The van der Waals surface area contributed by atoms with Crippen molar-refractivity contribution in [1.29, 1.82) is 0 Å². The molecule has 0 fully saturated rings. The highest BCUT2D eigenvalue weighted by Gasteiger charge is 2.16. The van der Waals surface area contributed by atoms with Crippen LogP contribution < -0.4 is 15.2 Å². The van der Waals surface area contributed by atoms with E-state index in [0.717, 1.165) is 5.56 Å². The highest BCUT2D eigenvalue weighted by atomic mass is 16.5. The highest BCUT2D eigenvalue weighted by Crippen LogP contribution is 2.31. The lowest BCUT2D eigenvalue weighted by molar-refractivity contribution is 0.311. The fraction of sp³-hybridized carbons (Fsp3) is 0.467. The second-order valence-corrected chi connectivity index (χ2v) is 5.11. The van der Waals surface area contributed by atoms with Crippen LogP contribution >= 0.6 is 0 Å². The number of aromatic nitrogens is 3. The van der Waals surface area contributed by atoms with Crippen molar-refractivity contribution in [2.75, 3.05) is 13.7 Å². The third-order valence-corrected chi connectivity index (χ3v) is 3.26. The maximum absolute atomic E-state index is 6.07. The first-order valence-electron chi connectivity index (χ1n) is 7.05. The molecule has 0 aliphatic heterocycles. The average Bonchev–Trinajstić information content (AvgIpc) is 2.96. The van der Waals surface area contributed by atoms with Crippen molar-refractivity contribution in [2.24, 2.45) is 11.7 Å². The van der Waals surface area contributed by atoms with E-state index in [0.29, 0.717) is 35.7 Å². The Morgan fingerprint density at radius 2 is 2.05 bits per heavy atom. The van der Waals surface area contributed by atoms with E-state index in [1.165, 1.54) is 0 Å². The minimum absolute atomic E-state index is 0.157. The van der Waals surface area contributed by atoms with E-state index in [2.05, 4.69) is 15.2 Å². The Balaban J connectivity index is 2.32. The van der Waals surface area contributed by atoms with Crippen LogP contribution in [0.15, 0.2) is 18.2 Å². The van der Waals surface area contributed by atoms with Crippen LogP contribution in [0.3, 0.4) is 0 Å². The molecule has 0 saturated carbocycles. The van der Waals surface area contributed by atoms with Crippen LogP contribution in [-0.2, 0) is 0 Å². The third kappa shape index (κ3) is 3.33. The summed E-state index contributed by atoms with van der Waals surface area (Å²) >= 11 is 0. The molecular weight excluding hydrogens is 268 g/mol. The Hall–Kier alpha value is -2.08. The number of methoxy groups -OCH3 is 1. The summed E-state index contributed by atoms with van der Waals surface area (Å²) in [5.41, 5.74) is 6.93. The number of nitrogens with two attached hydrogens (primary N) is 1. The minimum atomic E-state index is -0.157. The zero-order valence-corrected chi connectivity index (χ0v) is 12.9. The number of nitrogens with one attached hydrogen (secondary N) is 1. The lowest BCUT2D eigenvalue weighted by Crippen LogP contribution is -2.18. The van der Waals surface area contributed by atoms with Crippen LogP contribution in [0.5, 0.6) is 11.5 Å². The summed E-state index contributed by atoms with van der Waals surface area (Å²) in [6.07, 6.45) is 0. The van der Waals surface area contributed by atoms with Crippen molar-refractivity contribution in [3.8, 4) is 22.9 Å². The molecule has 0 saturated heterocycles. The summed E-state index contributed by atoms with van der Waals surface area (Å²) in [5.74, 6) is 2.95. The van der Waals surface area contributed by atoms with Crippen LogP contribution in [-0.4, -0.2) is 28.9 Å². The molecule has 21 heavy (non-hydrogen) atoms. The monoisotopic (exact) mass is 290 g/mol. The van der Waals surface area contributed by atoms with Gasteiger partial charge in [0.2, 0.25) is 0 Å². The van der Waals surface area contributed by atoms with Gasteiger partial charge in [-0.05, 0) is 31.0 Å². The highest BCUT2D eigenvalue weighted by molar-refractivity contribution is 5.60. The quantitative estimate of drug-likeness (QED) is 0.853. The fourth-order valence-electron chi connectivity index (χ4n) is 1.95. The van der Waals surface area contributed by atoms with Crippen molar-refractivity contribution >= 4 is 0 Å². The molecule has 0 bridgehead atoms. The van der Waals surface area contributed by atoms with Gasteiger partial charge in [-0.3, -0.25) is 5.10 Å². The number of hydrogen-bond acceptors (Lipinski definition) is 5. The van der Waals surface area contributed by atoms with Crippen molar-refractivity contribution in [3.63, 3.8) is 0 Å². The normalized spacial score (nSPS) is 12.5. The van der Waals surface area contributed by atoms with E-state index in [1.807, 2.05) is 39.0 Å². The molecular formula is C15H22N4O2. The van der Waals surface area contributed by atoms with Crippen molar-refractivity contribution < 1.29 is 9.47 Å². The molecule has 0 unspecified atom stereocenters. The number of rotatable bonds is 6. The van der Waals surface area contributed by atoms with Crippen molar-refractivity contribution in [1.82, 2.24) is 15.2 Å². The molecule has 0 amide bonds. The van der Waals surface area contributed by atoms with Gasteiger partial charge in [0.15, 0.2) is 17.3 Å². The molecule has 0 spiro atoms. The molecule has 1 aromatic heterocycles. The minimum Gasteiger partial charge on any atom is -0.493 e. The predicted molar refractivity (Wildman–Crippen MR) is 81.3 cm³/mol. The third-order valence-electron chi connectivity index (χ3n) is 3.26. The van der Waals surface area contributed by atoms with Crippen LogP contribution in [0.2, 0.25) is 0 Å². The molecule has 2 rings (SSSR count).